The maximum absolute atomic E-state index is 10.4. The van der Waals surface area contributed by atoms with Crippen molar-refractivity contribution in [3.05, 3.63) is 0 Å². The molecule has 3 atom stereocenters. The molecule has 2 fully saturated rings. The maximum atomic E-state index is 10.4. The van der Waals surface area contributed by atoms with Gasteiger partial charge in [0.15, 0.2) is 0 Å². The van der Waals surface area contributed by atoms with Gasteiger partial charge in [0.05, 0.1) is 17.8 Å². The third-order valence-electron chi connectivity index (χ3n) is 4.54. The van der Waals surface area contributed by atoms with E-state index in [0.717, 1.165) is 32.5 Å². The fourth-order valence-electron chi connectivity index (χ4n) is 3.75. The van der Waals surface area contributed by atoms with E-state index in [4.69, 9.17) is 4.74 Å². The number of hydrogen-bond donors (Lipinski definition) is 1. The molecule has 0 radical (unpaired) electrons. The first-order valence-corrected chi connectivity index (χ1v) is 7.28. The van der Waals surface area contributed by atoms with Crippen LogP contribution in [0.3, 0.4) is 0 Å². The summed E-state index contributed by atoms with van der Waals surface area (Å²) >= 11 is 0. The van der Waals surface area contributed by atoms with Crippen molar-refractivity contribution in [2.24, 2.45) is 11.3 Å². The average molecular weight is 255 g/mol. The molecule has 1 saturated heterocycles. The second-order valence-electron chi connectivity index (χ2n) is 7.61. The molecule has 0 spiro atoms. The van der Waals surface area contributed by atoms with Gasteiger partial charge in [-0.3, -0.25) is 4.90 Å². The Balaban J connectivity index is 1.94. The molecule has 3 unspecified atom stereocenters. The summed E-state index contributed by atoms with van der Waals surface area (Å²) in [5.41, 5.74) is 0.0365. The minimum absolute atomic E-state index is 0.0588. The number of rotatable bonds is 2. The van der Waals surface area contributed by atoms with Gasteiger partial charge in [0, 0.05) is 19.6 Å². The summed E-state index contributed by atoms with van der Waals surface area (Å²) in [6, 6.07) is 0. The van der Waals surface area contributed by atoms with Gasteiger partial charge in [0.25, 0.3) is 0 Å². The summed E-state index contributed by atoms with van der Waals surface area (Å²) in [5, 5.41) is 10.4. The summed E-state index contributed by atoms with van der Waals surface area (Å²) < 4.78 is 5.93. The van der Waals surface area contributed by atoms with Crippen LogP contribution < -0.4 is 0 Å². The Morgan fingerprint density at radius 2 is 1.94 bits per heavy atom. The van der Waals surface area contributed by atoms with Crippen molar-refractivity contribution < 1.29 is 9.84 Å². The predicted octanol–water partition coefficient (Wildman–Crippen LogP) is 2.28. The van der Waals surface area contributed by atoms with Gasteiger partial charge in [-0.25, -0.2) is 0 Å². The number of morpholine rings is 1. The second-order valence-corrected chi connectivity index (χ2v) is 7.61. The van der Waals surface area contributed by atoms with Gasteiger partial charge in [-0.05, 0) is 44.9 Å². The van der Waals surface area contributed by atoms with Gasteiger partial charge >= 0.3 is 0 Å². The Kier molecular flexibility index (Phi) is 3.79. The van der Waals surface area contributed by atoms with Crippen LogP contribution in [0.1, 0.15) is 47.5 Å². The van der Waals surface area contributed by atoms with E-state index in [0.29, 0.717) is 12.0 Å². The van der Waals surface area contributed by atoms with E-state index in [1.54, 1.807) is 0 Å². The van der Waals surface area contributed by atoms with Crippen molar-refractivity contribution >= 4 is 0 Å². The van der Waals surface area contributed by atoms with Crippen molar-refractivity contribution in [2.75, 3.05) is 19.6 Å². The number of aliphatic hydroxyl groups is 1. The molecule has 1 aliphatic heterocycles. The normalized spacial score (nSPS) is 40.0. The molecule has 106 valence electrons. The molecule has 18 heavy (non-hydrogen) atoms. The van der Waals surface area contributed by atoms with Crippen LogP contribution in [0.25, 0.3) is 0 Å². The lowest BCUT2D eigenvalue weighted by atomic mass is 9.87. The van der Waals surface area contributed by atoms with Crippen LogP contribution in [0, 0.1) is 11.3 Å². The van der Waals surface area contributed by atoms with Crippen LogP contribution in [0.2, 0.25) is 0 Å². The van der Waals surface area contributed by atoms with E-state index in [2.05, 4.69) is 39.5 Å². The minimum atomic E-state index is -0.154. The van der Waals surface area contributed by atoms with Crippen molar-refractivity contribution in [3.63, 3.8) is 0 Å². The fourth-order valence-corrected chi connectivity index (χ4v) is 3.75. The number of ether oxygens (including phenoxy) is 1. The molecule has 3 nitrogen and oxygen atoms in total. The molecule has 0 amide bonds. The molecule has 1 N–H and O–H groups in total. The summed E-state index contributed by atoms with van der Waals surface area (Å²) in [5.74, 6) is 0.432. The van der Waals surface area contributed by atoms with E-state index >= 15 is 0 Å². The van der Waals surface area contributed by atoms with E-state index in [1.807, 2.05) is 0 Å². The summed E-state index contributed by atoms with van der Waals surface area (Å²) in [6.07, 6.45) is 2.43. The summed E-state index contributed by atoms with van der Waals surface area (Å²) in [4.78, 5) is 2.48. The van der Waals surface area contributed by atoms with Gasteiger partial charge in [-0.2, -0.15) is 0 Å². The lowest BCUT2D eigenvalue weighted by Crippen LogP contribution is -2.53. The molecule has 3 heteroatoms. The number of hydrogen-bond acceptors (Lipinski definition) is 3. The Bertz CT molecular complexity index is 301. The van der Waals surface area contributed by atoms with Gasteiger partial charge in [0.2, 0.25) is 0 Å². The van der Waals surface area contributed by atoms with Crippen LogP contribution in [0.4, 0.5) is 0 Å². The van der Waals surface area contributed by atoms with Gasteiger partial charge in [0.1, 0.15) is 0 Å². The molecule has 1 aliphatic carbocycles. The SMILES string of the molecule is CC1CN(CC2CCC(C)(C)C2O)CC(C)(C)O1. The monoisotopic (exact) mass is 255 g/mol. The molecule has 0 aromatic heterocycles. The van der Waals surface area contributed by atoms with Crippen LogP contribution in [0.15, 0.2) is 0 Å². The van der Waals surface area contributed by atoms with Crippen molar-refractivity contribution in [1.29, 1.82) is 0 Å². The van der Waals surface area contributed by atoms with Crippen molar-refractivity contribution in [2.45, 2.75) is 65.3 Å². The lowest BCUT2D eigenvalue weighted by Gasteiger charge is -2.43. The van der Waals surface area contributed by atoms with Crippen LogP contribution in [-0.2, 0) is 4.74 Å². The number of nitrogens with zero attached hydrogens (tertiary/aromatic N) is 1. The minimum Gasteiger partial charge on any atom is -0.392 e. The van der Waals surface area contributed by atoms with E-state index < -0.39 is 0 Å². The average Bonchev–Trinajstić information content (AvgIpc) is 2.42. The summed E-state index contributed by atoms with van der Waals surface area (Å²) in [6.45, 7) is 13.8. The standard InChI is InChI=1S/C15H29NO2/c1-11-8-16(10-15(4,5)18-11)9-12-6-7-14(2,3)13(12)17/h11-13,17H,6-10H2,1-5H3. The summed E-state index contributed by atoms with van der Waals surface area (Å²) in [7, 11) is 0. The molecule has 0 aromatic carbocycles. The van der Waals surface area contributed by atoms with Crippen LogP contribution >= 0.6 is 0 Å². The Morgan fingerprint density at radius 1 is 1.28 bits per heavy atom. The van der Waals surface area contributed by atoms with Crippen LogP contribution in [0.5, 0.6) is 0 Å². The molecule has 2 rings (SSSR count). The molecule has 1 heterocycles. The third kappa shape index (κ3) is 3.06. The second kappa shape index (κ2) is 4.77. The largest absolute Gasteiger partial charge is 0.392 e. The quantitative estimate of drug-likeness (QED) is 0.821. The van der Waals surface area contributed by atoms with Crippen molar-refractivity contribution in [3.8, 4) is 0 Å². The molecular formula is C15H29NO2. The predicted molar refractivity (Wildman–Crippen MR) is 73.6 cm³/mol. The van der Waals surface area contributed by atoms with E-state index in [9.17, 15) is 5.11 Å². The topological polar surface area (TPSA) is 32.7 Å². The fraction of sp³-hybridized carbons (Fsp3) is 1.00. The molecule has 0 aromatic rings. The highest BCUT2D eigenvalue weighted by molar-refractivity contribution is 4.93. The maximum Gasteiger partial charge on any atom is 0.0757 e. The van der Waals surface area contributed by atoms with Crippen molar-refractivity contribution in [1.82, 2.24) is 4.90 Å². The first-order valence-electron chi connectivity index (χ1n) is 7.28. The zero-order valence-corrected chi connectivity index (χ0v) is 12.6. The Hall–Kier alpha value is -0.120. The zero-order valence-electron chi connectivity index (χ0n) is 12.6. The zero-order chi connectivity index (χ0) is 13.6. The highest BCUT2D eigenvalue weighted by atomic mass is 16.5. The van der Waals surface area contributed by atoms with Gasteiger partial charge in [-0.15, -0.1) is 0 Å². The smallest absolute Gasteiger partial charge is 0.0757 e. The van der Waals surface area contributed by atoms with Gasteiger partial charge in [-0.1, -0.05) is 13.8 Å². The lowest BCUT2D eigenvalue weighted by molar-refractivity contribution is -0.133. The van der Waals surface area contributed by atoms with Gasteiger partial charge < -0.3 is 9.84 Å². The first-order chi connectivity index (χ1) is 8.20. The Labute approximate surface area is 112 Å². The molecule has 2 aliphatic rings. The Morgan fingerprint density at radius 3 is 2.44 bits per heavy atom. The molecule has 1 saturated carbocycles. The molecular weight excluding hydrogens is 226 g/mol. The van der Waals surface area contributed by atoms with E-state index in [-0.39, 0.29) is 17.1 Å². The van der Waals surface area contributed by atoms with Crippen LogP contribution in [-0.4, -0.2) is 47.4 Å². The highest BCUT2D eigenvalue weighted by Gasteiger charge is 2.42. The number of aliphatic hydroxyl groups excluding tert-OH is 1. The highest BCUT2D eigenvalue weighted by Crippen LogP contribution is 2.41. The first kappa shape index (κ1) is 14.3. The van der Waals surface area contributed by atoms with E-state index in [1.165, 1.54) is 0 Å². The third-order valence-corrected chi connectivity index (χ3v) is 4.54. The molecule has 0 bridgehead atoms.